The summed E-state index contributed by atoms with van der Waals surface area (Å²) in [5.74, 6) is 3.71. The largest absolute Gasteiger partial charge is 0.494 e. The minimum absolute atomic E-state index is 0.373. The van der Waals surface area contributed by atoms with Crippen LogP contribution in [0.3, 0.4) is 0 Å². The Balaban J connectivity index is 1.51. The van der Waals surface area contributed by atoms with E-state index in [1.165, 1.54) is 12.5 Å². The molecule has 3 aromatic rings. The smallest absolute Gasteiger partial charge is 0.266 e. The number of nitrogens with zero attached hydrogens (tertiary/aromatic N) is 4. The van der Waals surface area contributed by atoms with Gasteiger partial charge in [-0.1, -0.05) is 12.6 Å². The molecule has 1 saturated heterocycles. The van der Waals surface area contributed by atoms with E-state index in [1.54, 1.807) is 37.6 Å². The predicted molar refractivity (Wildman–Crippen MR) is 144 cm³/mol. The fourth-order valence-corrected chi connectivity index (χ4v) is 4.31. The van der Waals surface area contributed by atoms with E-state index in [0.29, 0.717) is 29.1 Å². The van der Waals surface area contributed by atoms with Crippen LogP contribution >= 0.6 is 7.37 Å². The van der Waals surface area contributed by atoms with Crippen LogP contribution in [0.2, 0.25) is 0 Å². The lowest BCUT2D eigenvalue weighted by atomic mass is 10.2. The number of ether oxygens (including phenoxy) is 2. The molecule has 1 aromatic heterocycles. The first-order chi connectivity index (χ1) is 17.3. The van der Waals surface area contributed by atoms with Crippen LogP contribution in [0, 0.1) is 6.92 Å². The standard InChI is InChI=1S/C26H32N5O4P/c1-6-36(5,32)35-22-9-7-8-21(17-22)34-25-19(2)18-27-26(29-25)28-23-11-10-20(16-24(23)33-4)31-14-12-30(3)13-15-31/h6-11,16-18H,1,12-15H2,2-5H3,(H,27,28,29). The summed E-state index contributed by atoms with van der Waals surface area (Å²) in [5.41, 5.74) is 2.63. The lowest BCUT2D eigenvalue weighted by Crippen LogP contribution is -2.44. The number of aromatic nitrogens is 2. The summed E-state index contributed by atoms with van der Waals surface area (Å²) >= 11 is 0. The fraction of sp³-hybridized carbons (Fsp3) is 0.308. The van der Waals surface area contributed by atoms with E-state index in [2.05, 4.69) is 44.8 Å². The Bertz CT molecular complexity index is 1280. The first-order valence-electron chi connectivity index (χ1n) is 11.7. The molecule has 0 spiro atoms. The molecule has 0 saturated carbocycles. The fourth-order valence-electron chi connectivity index (χ4n) is 3.71. The lowest BCUT2D eigenvalue weighted by Gasteiger charge is -2.34. The molecule has 10 heteroatoms. The normalized spacial score (nSPS) is 15.6. The second-order valence-electron chi connectivity index (χ2n) is 8.74. The molecule has 190 valence electrons. The van der Waals surface area contributed by atoms with Crippen molar-refractivity contribution in [2.75, 3.05) is 57.2 Å². The zero-order chi connectivity index (χ0) is 25.7. The summed E-state index contributed by atoms with van der Waals surface area (Å²) in [6.07, 6.45) is 1.69. The highest BCUT2D eigenvalue weighted by Crippen LogP contribution is 2.44. The average molecular weight is 510 g/mol. The number of hydrogen-bond acceptors (Lipinski definition) is 9. The van der Waals surface area contributed by atoms with Crippen LogP contribution in [-0.4, -0.2) is 61.9 Å². The molecule has 1 aliphatic rings. The Morgan fingerprint density at radius 3 is 2.58 bits per heavy atom. The molecule has 1 N–H and O–H groups in total. The Morgan fingerprint density at radius 2 is 1.86 bits per heavy atom. The van der Waals surface area contributed by atoms with Gasteiger partial charge in [0, 0.05) is 68.2 Å². The first-order valence-corrected chi connectivity index (χ1v) is 13.8. The average Bonchev–Trinajstić information content (AvgIpc) is 2.87. The van der Waals surface area contributed by atoms with Crippen molar-refractivity contribution in [2.45, 2.75) is 6.92 Å². The molecule has 1 aliphatic heterocycles. The van der Waals surface area contributed by atoms with E-state index in [-0.39, 0.29) is 0 Å². The molecular weight excluding hydrogens is 477 g/mol. The van der Waals surface area contributed by atoms with Gasteiger partial charge in [0.1, 0.15) is 17.2 Å². The van der Waals surface area contributed by atoms with Crippen LogP contribution in [0.15, 0.2) is 61.1 Å². The van der Waals surface area contributed by atoms with Crippen molar-refractivity contribution in [1.82, 2.24) is 14.9 Å². The first kappa shape index (κ1) is 25.5. The van der Waals surface area contributed by atoms with Gasteiger partial charge in [-0.2, -0.15) is 4.98 Å². The number of anilines is 3. The molecule has 9 nitrogen and oxygen atoms in total. The maximum absolute atomic E-state index is 12.2. The van der Waals surface area contributed by atoms with Crippen LogP contribution in [-0.2, 0) is 4.57 Å². The van der Waals surface area contributed by atoms with Crippen molar-refractivity contribution in [3.05, 3.63) is 66.6 Å². The number of rotatable bonds is 9. The highest BCUT2D eigenvalue weighted by atomic mass is 31.2. The highest BCUT2D eigenvalue weighted by Gasteiger charge is 2.17. The number of methoxy groups -OCH3 is 1. The van der Waals surface area contributed by atoms with Gasteiger partial charge in [0.05, 0.1) is 12.8 Å². The summed E-state index contributed by atoms with van der Waals surface area (Å²) in [7, 11) is 0.867. The molecule has 0 amide bonds. The predicted octanol–water partition coefficient (Wildman–Crippen LogP) is 5.51. The SMILES string of the molecule is C=CP(C)(=O)Oc1cccc(Oc2nc(Nc3ccc(N4CCN(C)CC4)cc3OC)ncc2C)c1. The zero-order valence-corrected chi connectivity index (χ0v) is 22.0. The summed E-state index contributed by atoms with van der Waals surface area (Å²) in [4.78, 5) is 13.6. The molecule has 4 rings (SSSR count). The topological polar surface area (TPSA) is 89.1 Å². The third-order valence-corrected chi connectivity index (χ3v) is 7.10. The van der Waals surface area contributed by atoms with Crippen LogP contribution in [0.4, 0.5) is 17.3 Å². The Kier molecular flexibility index (Phi) is 7.82. The molecule has 1 fully saturated rings. The van der Waals surface area contributed by atoms with E-state index in [9.17, 15) is 4.57 Å². The van der Waals surface area contributed by atoms with Gasteiger partial charge >= 0.3 is 0 Å². The van der Waals surface area contributed by atoms with Gasteiger partial charge < -0.3 is 29.1 Å². The van der Waals surface area contributed by atoms with E-state index >= 15 is 0 Å². The Hall–Kier alpha value is -3.55. The molecule has 2 heterocycles. The van der Waals surface area contributed by atoms with Crippen LogP contribution in [0.5, 0.6) is 23.1 Å². The van der Waals surface area contributed by atoms with Gasteiger partial charge in [-0.05, 0) is 38.2 Å². The van der Waals surface area contributed by atoms with Crippen molar-refractivity contribution < 1.29 is 18.6 Å². The van der Waals surface area contributed by atoms with Crippen LogP contribution in [0.1, 0.15) is 5.56 Å². The summed E-state index contributed by atoms with van der Waals surface area (Å²) in [6, 6.07) is 13.0. The van der Waals surface area contributed by atoms with Crippen molar-refractivity contribution in [1.29, 1.82) is 0 Å². The van der Waals surface area contributed by atoms with Gasteiger partial charge in [-0.3, -0.25) is 4.57 Å². The summed E-state index contributed by atoms with van der Waals surface area (Å²) < 4.78 is 29.4. The Labute approximate surface area is 212 Å². The highest BCUT2D eigenvalue weighted by molar-refractivity contribution is 7.61. The quantitative estimate of drug-likeness (QED) is 0.375. The maximum atomic E-state index is 12.2. The molecule has 0 bridgehead atoms. The van der Waals surface area contributed by atoms with Gasteiger partial charge in [0.15, 0.2) is 0 Å². The third kappa shape index (κ3) is 6.36. The molecule has 1 unspecified atom stereocenters. The lowest BCUT2D eigenvalue weighted by molar-refractivity contribution is 0.312. The molecule has 0 radical (unpaired) electrons. The molecule has 0 aliphatic carbocycles. The number of hydrogen-bond donors (Lipinski definition) is 1. The molecule has 1 atom stereocenters. The van der Waals surface area contributed by atoms with Crippen molar-refractivity contribution >= 4 is 24.7 Å². The number of likely N-dealkylation sites (N-methyl/N-ethyl adjacent to an activating group) is 1. The minimum atomic E-state index is -2.92. The second kappa shape index (κ2) is 11.0. The van der Waals surface area contributed by atoms with Crippen LogP contribution < -0.4 is 24.2 Å². The van der Waals surface area contributed by atoms with Crippen molar-refractivity contribution in [3.8, 4) is 23.1 Å². The second-order valence-corrected chi connectivity index (χ2v) is 11.1. The van der Waals surface area contributed by atoms with Crippen molar-refractivity contribution in [2.24, 2.45) is 0 Å². The molecule has 2 aromatic carbocycles. The number of benzene rings is 2. The van der Waals surface area contributed by atoms with E-state index in [1.807, 2.05) is 19.1 Å². The van der Waals surface area contributed by atoms with E-state index in [0.717, 1.165) is 43.1 Å². The zero-order valence-electron chi connectivity index (χ0n) is 21.1. The molecular formula is C26H32N5O4P. The van der Waals surface area contributed by atoms with Crippen LogP contribution in [0.25, 0.3) is 0 Å². The molecule has 36 heavy (non-hydrogen) atoms. The van der Waals surface area contributed by atoms with Gasteiger partial charge in [0.2, 0.25) is 11.8 Å². The van der Waals surface area contributed by atoms with E-state index < -0.39 is 7.37 Å². The summed E-state index contributed by atoms with van der Waals surface area (Å²) in [5, 5.41) is 3.24. The van der Waals surface area contributed by atoms with Gasteiger partial charge in [-0.25, -0.2) is 4.98 Å². The van der Waals surface area contributed by atoms with E-state index in [4.69, 9.17) is 14.0 Å². The van der Waals surface area contributed by atoms with Crippen molar-refractivity contribution in [3.63, 3.8) is 0 Å². The van der Waals surface area contributed by atoms with Gasteiger partial charge in [0.25, 0.3) is 7.37 Å². The van der Waals surface area contributed by atoms with Gasteiger partial charge in [-0.15, -0.1) is 0 Å². The Morgan fingerprint density at radius 1 is 1.11 bits per heavy atom. The maximum Gasteiger partial charge on any atom is 0.266 e. The number of nitrogens with one attached hydrogen (secondary N) is 1. The minimum Gasteiger partial charge on any atom is -0.494 e. The summed E-state index contributed by atoms with van der Waals surface area (Å²) in [6.45, 7) is 10.9. The monoisotopic (exact) mass is 509 g/mol. The number of piperazine rings is 1. The third-order valence-electron chi connectivity index (χ3n) is 5.86. The number of aryl methyl sites for hydroxylation is 1.